The standard InChI is InChI=1S/C20H15ClFNOS/c21-16-7-3-6-14(11-16)20(24)23-17-8-4-9-18(12-17)25-13-15-5-1-2-10-19(15)22/h1-12H,13H2,(H,23,24). The summed E-state index contributed by atoms with van der Waals surface area (Å²) in [4.78, 5) is 13.2. The normalized spacial score (nSPS) is 10.5. The van der Waals surface area contributed by atoms with Gasteiger partial charge in [-0.15, -0.1) is 11.8 Å². The van der Waals surface area contributed by atoms with Gasteiger partial charge in [-0.1, -0.05) is 41.9 Å². The highest BCUT2D eigenvalue weighted by Crippen LogP contribution is 2.26. The summed E-state index contributed by atoms with van der Waals surface area (Å²) < 4.78 is 13.7. The van der Waals surface area contributed by atoms with Crippen LogP contribution in [0, 0.1) is 5.82 Å². The maximum Gasteiger partial charge on any atom is 0.255 e. The summed E-state index contributed by atoms with van der Waals surface area (Å²) in [5.41, 5.74) is 1.83. The van der Waals surface area contributed by atoms with Crippen molar-refractivity contribution in [2.75, 3.05) is 5.32 Å². The number of carbonyl (C=O) groups is 1. The summed E-state index contributed by atoms with van der Waals surface area (Å²) in [6.45, 7) is 0. The highest BCUT2D eigenvalue weighted by Gasteiger charge is 2.07. The van der Waals surface area contributed by atoms with Gasteiger partial charge in [-0.05, 0) is 48.0 Å². The number of thioether (sulfide) groups is 1. The summed E-state index contributed by atoms with van der Waals surface area (Å²) in [5.74, 6) is 0.0948. The molecule has 5 heteroatoms. The van der Waals surface area contributed by atoms with Crippen LogP contribution in [-0.2, 0) is 5.75 Å². The smallest absolute Gasteiger partial charge is 0.255 e. The van der Waals surface area contributed by atoms with E-state index in [4.69, 9.17) is 11.6 Å². The average Bonchev–Trinajstić information content (AvgIpc) is 2.61. The summed E-state index contributed by atoms with van der Waals surface area (Å²) in [6, 6.07) is 21.0. The van der Waals surface area contributed by atoms with E-state index in [1.807, 2.05) is 30.3 Å². The molecule has 3 aromatic rings. The highest BCUT2D eigenvalue weighted by atomic mass is 35.5. The van der Waals surface area contributed by atoms with Gasteiger partial charge in [0, 0.05) is 26.9 Å². The molecule has 126 valence electrons. The Hall–Kier alpha value is -2.30. The van der Waals surface area contributed by atoms with E-state index in [0.29, 0.717) is 27.6 Å². The molecule has 3 aromatic carbocycles. The zero-order chi connectivity index (χ0) is 17.6. The third-order valence-corrected chi connectivity index (χ3v) is 4.81. The lowest BCUT2D eigenvalue weighted by Crippen LogP contribution is -2.11. The van der Waals surface area contributed by atoms with Crippen molar-refractivity contribution in [1.29, 1.82) is 0 Å². The zero-order valence-electron chi connectivity index (χ0n) is 13.2. The molecule has 0 saturated heterocycles. The Labute approximate surface area is 155 Å². The maximum absolute atomic E-state index is 13.7. The fraction of sp³-hybridized carbons (Fsp3) is 0.0500. The Kier molecular flexibility index (Phi) is 5.74. The van der Waals surface area contributed by atoms with E-state index in [9.17, 15) is 9.18 Å². The maximum atomic E-state index is 13.7. The molecule has 0 fully saturated rings. The van der Waals surface area contributed by atoms with Gasteiger partial charge in [0.2, 0.25) is 0 Å². The van der Waals surface area contributed by atoms with Crippen molar-refractivity contribution in [3.63, 3.8) is 0 Å². The molecular formula is C20H15ClFNOS. The Morgan fingerprint density at radius 3 is 2.60 bits per heavy atom. The third-order valence-electron chi connectivity index (χ3n) is 3.53. The van der Waals surface area contributed by atoms with Crippen LogP contribution in [0.2, 0.25) is 5.02 Å². The molecule has 0 saturated carbocycles. The molecule has 0 aliphatic rings. The lowest BCUT2D eigenvalue weighted by molar-refractivity contribution is 0.102. The molecule has 0 heterocycles. The van der Waals surface area contributed by atoms with Gasteiger partial charge in [-0.2, -0.15) is 0 Å². The van der Waals surface area contributed by atoms with Gasteiger partial charge < -0.3 is 5.32 Å². The van der Waals surface area contributed by atoms with Gasteiger partial charge in [0.1, 0.15) is 5.82 Å². The Bertz CT molecular complexity index is 900. The molecule has 25 heavy (non-hydrogen) atoms. The minimum atomic E-state index is -0.223. The van der Waals surface area contributed by atoms with E-state index in [1.54, 1.807) is 36.4 Å². The highest BCUT2D eigenvalue weighted by molar-refractivity contribution is 7.98. The molecule has 1 amide bonds. The number of benzene rings is 3. The first-order chi connectivity index (χ1) is 12.1. The lowest BCUT2D eigenvalue weighted by atomic mass is 10.2. The number of hydrogen-bond acceptors (Lipinski definition) is 2. The summed E-state index contributed by atoms with van der Waals surface area (Å²) in [6.07, 6.45) is 0. The molecule has 0 spiro atoms. The Morgan fingerprint density at radius 1 is 1.00 bits per heavy atom. The SMILES string of the molecule is O=C(Nc1cccc(SCc2ccccc2F)c1)c1cccc(Cl)c1. The van der Waals surface area contributed by atoms with Crippen LogP contribution in [0.25, 0.3) is 0 Å². The molecule has 0 aromatic heterocycles. The molecule has 0 atom stereocenters. The van der Waals surface area contributed by atoms with E-state index in [-0.39, 0.29) is 11.7 Å². The van der Waals surface area contributed by atoms with Gasteiger partial charge in [-0.25, -0.2) is 4.39 Å². The van der Waals surface area contributed by atoms with Crippen molar-refractivity contribution in [1.82, 2.24) is 0 Å². The van der Waals surface area contributed by atoms with Gasteiger partial charge in [0.25, 0.3) is 5.91 Å². The number of rotatable bonds is 5. The van der Waals surface area contributed by atoms with Crippen LogP contribution in [0.1, 0.15) is 15.9 Å². The van der Waals surface area contributed by atoms with E-state index in [1.165, 1.54) is 17.8 Å². The number of carbonyl (C=O) groups excluding carboxylic acids is 1. The van der Waals surface area contributed by atoms with Crippen LogP contribution in [0.3, 0.4) is 0 Å². The van der Waals surface area contributed by atoms with E-state index >= 15 is 0 Å². The van der Waals surface area contributed by atoms with E-state index in [2.05, 4.69) is 5.32 Å². The molecule has 3 rings (SSSR count). The first-order valence-electron chi connectivity index (χ1n) is 7.65. The average molecular weight is 372 g/mol. The van der Waals surface area contributed by atoms with Crippen LogP contribution in [0.4, 0.5) is 10.1 Å². The van der Waals surface area contributed by atoms with Crippen molar-refractivity contribution in [2.45, 2.75) is 10.6 Å². The monoisotopic (exact) mass is 371 g/mol. The van der Waals surface area contributed by atoms with Crippen molar-refractivity contribution >= 4 is 35.0 Å². The fourth-order valence-electron chi connectivity index (χ4n) is 2.27. The predicted molar refractivity (Wildman–Crippen MR) is 102 cm³/mol. The predicted octanol–water partition coefficient (Wildman–Crippen LogP) is 6.02. The van der Waals surface area contributed by atoms with Gasteiger partial charge >= 0.3 is 0 Å². The van der Waals surface area contributed by atoms with Crippen LogP contribution in [-0.4, -0.2) is 5.91 Å². The Morgan fingerprint density at radius 2 is 1.80 bits per heavy atom. The van der Waals surface area contributed by atoms with Crippen molar-refractivity contribution in [2.24, 2.45) is 0 Å². The fourth-order valence-corrected chi connectivity index (χ4v) is 3.40. The topological polar surface area (TPSA) is 29.1 Å². The second-order valence-corrected chi connectivity index (χ2v) is 6.86. The molecule has 0 unspecified atom stereocenters. The van der Waals surface area contributed by atoms with Gasteiger partial charge in [0.05, 0.1) is 0 Å². The molecular weight excluding hydrogens is 357 g/mol. The zero-order valence-corrected chi connectivity index (χ0v) is 14.8. The number of anilines is 1. The summed E-state index contributed by atoms with van der Waals surface area (Å²) >= 11 is 7.43. The molecule has 0 radical (unpaired) electrons. The van der Waals surface area contributed by atoms with E-state index < -0.39 is 0 Å². The molecule has 1 N–H and O–H groups in total. The van der Waals surface area contributed by atoms with Crippen LogP contribution in [0.5, 0.6) is 0 Å². The first-order valence-corrected chi connectivity index (χ1v) is 9.01. The van der Waals surface area contributed by atoms with Crippen LogP contribution < -0.4 is 5.32 Å². The second kappa shape index (κ2) is 8.19. The Balaban J connectivity index is 1.67. The molecule has 0 aliphatic heterocycles. The van der Waals surface area contributed by atoms with E-state index in [0.717, 1.165) is 4.90 Å². The quantitative estimate of drug-likeness (QED) is 0.555. The third kappa shape index (κ3) is 4.84. The lowest BCUT2D eigenvalue weighted by Gasteiger charge is -2.08. The molecule has 0 aliphatic carbocycles. The van der Waals surface area contributed by atoms with Crippen molar-refractivity contribution in [3.05, 3.63) is 94.8 Å². The largest absolute Gasteiger partial charge is 0.322 e. The minimum Gasteiger partial charge on any atom is -0.322 e. The van der Waals surface area contributed by atoms with Gasteiger partial charge in [0.15, 0.2) is 0 Å². The van der Waals surface area contributed by atoms with Crippen molar-refractivity contribution in [3.8, 4) is 0 Å². The van der Waals surface area contributed by atoms with Gasteiger partial charge in [-0.3, -0.25) is 4.79 Å². The van der Waals surface area contributed by atoms with Crippen molar-refractivity contribution < 1.29 is 9.18 Å². The number of amides is 1. The molecule has 0 bridgehead atoms. The summed E-state index contributed by atoms with van der Waals surface area (Å²) in [5, 5.41) is 3.37. The number of nitrogens with one attached hydrogen (secondary N) is 1. The molecule has 2 nitrogen and oxygen atoms in total. The summed E-state index contributed by atoms with van der Waals surface area (Å²) in [7, 11) is 0. The van der Waals surface area contributed by atoms with Crippen LogP contribution >= 0.6 is 23.4 Å². The number of halogens is 2. The first kappa shape index (κ1) is 17.5. The second-order valence-electron chi connectivity index (χ2n) is 5.37. The minimum absolute atomic E-state index is 0.208. The number of hydrogen-bond donors (Lipinski definition) is 1. The van der Waals surface area contributed by atoms with Crippen LogP contribution in [0.15, 0.2) is 77.7 Å².